The lowest BCUT2D eigenvalue weighted by Gasteiger charge is -2.17. The summed E-state index contributed by atoms with van der Waals surface area (Å²) in [7, 11) is 0. The fourth-order valence-electron chi connectivity index (χ4n) is 3.76. The number of nitrogens with one attached hydrogen (secondary N) is 1. The van der Waals surface area contributed by atoms with Gasteiger partial charge in [-0.3, -0.25) is 4.79 Å². The van der Waals surface area contributed by atoms with Gasteiger partial charge in [-0.05, 0) is 50.2 Å². The summed E-state index contributed by atoms with van der Waals surface area (Å²) in [6.45, 7) is 4.08. The van der Waals surface area contributed by atoms with Crippen LogP contribution < -0.4 is 11.1 Å². The number of anilines is 1. The zero-order valence-electron chi connectivity index (χ0n) is 15.7. The maximum atomic E-state index is 11.9. The van der Waals surface area contributed by atoms with E-state index in [9.17, 15) is 9.90 Å². The van der Waals surface area contributed by atoms with Crippen LogP contribution in [0.1, 0.15) is 23.2 Å². The van der Waals surface area contributed by atoms with Gasteiger partial charge in [0, 0.05) is 29.7 Å². The average molecular weight is 376 g/mol. The number of carbonyl (C=O) groups is 1. The van der Waals surface area contributed by atoms with E-state index >= 15 is 0 Å². The molecule has 2 heterocycles. The molecule has 28 heavy (non-hydrogen) atoms. The number of aromatic hydroxyl groups is 1. The van der Waals surface area contributed by atoms with E-state index in [1.54, 1.807) is 24.3 Å². The Morgan fingerprint density at radius 1 is 1.14 bits per heavy atom. The van der Waals surface area contributed by atoms with Gasteiger partial charge in [0.1, 0.15) is 5.75 Å². The number of para-hydroxylation sites is 1. The lowest BCUT2D eigenvalue weighted by atomic mass is 10.0. The number of nitrogens with two attached hydrogens (primary N) is 1. The Kier molecular flexibility index (Phi) is 5.12. The van der Waals surface area contributed by atoms with E-state index in [0.717, 1.165) is 42.8 Å². The fraction of sp³-hybridized carbons (Fsp3) is 0.273. The number of hydrogen-bond acceptors (Lipinski definition) is 5. The van der Waals surface area contributed by atoms with Gasteiger partial charge < -0.3 is 21.1 Å². The number of fused-ring (bicyclic) bond motifs is 1. The minimum absolute atomic E-state index is 0.172. The number of amides is 1. The van der Waals surface area contributed by atoms with Crippen LogP contribution >= 0.6 is 0 Å². The molecule has 0 bridgehead atoms. The first kappa shape index (κ1) is 18.3. The minimum Gasteiger partial charge on any atom is -0.508 e. The summed E-state index contributed by atoms with van der Waals surface area (Å²) >= 11 is 0. The highest BCUT2D eigenvalue weighted by Gasteiger charge is 2.15. The molecule has 6 nitrogen and oxygen atoms in total. The quantitative estimate of drug-likeness (QED) is 0.614. The Morgan fingerprint density at radius 2 is 1.93 bits per heavy atom. The molecule has 0 aliphatic carbocycles. The van der Waals surface area contributed by atoms with E-state index < -0.39 is 5.91 Å². The van der Waals surface area contributed by atoms with Crippen molar-refractivity contribution < 1.29 is 9.90 Å². The van der Waals surface area contributed by atoms with Gasteiger partial charge in [-0.15, -0.1) is 0 Å². The number of phenols is 1. The molecule has 0 saturated carbocycles. The number of likely N-dealkylation sites (tertiary alicyclic amines) is 1. The van der Waals surface area contributed by atoms with Crippen molar-refractivity contribution in [1.29, 1.82) is 0 Å². The molecule has 0 atom stereocenters. The molecule has 2 aromatic carbocycles. The summed E-state index contributed by atoms with van der Waals surface area (Å²) in [6.07, 6.45) is 2.53. The normalized spacial score (nSPS) is 14.4. The lowest BCUT2D eigenvalue weighted by molar-refractivity contribution is 0.100. The first-order valence-electron chi connectivity index (χ1n) is 9.61. The molecular formula is C22H24N4O2. The van der Waals surface area contributed by atoms with Crippen molar-refractivity contribution in [2.45, 2.75) is 12.8 Å². The summed E-state index contributed by atoms with van der Waals surface area (Å²) in [4.78, 5) is 19.1. The van der Waals surface area contributed by atoms with Gasteiger partial charge in [-0.2, -0.15) is 0 Å². The average Bonchev–Trinajstić information content (AvgIpc) is 3.20. The molecule has 1 amide bonds. The molecular weight excluding hydrogens is 352 g/mol. The number of rotatable bonds is 6. The Morgan fingerprint density at radius 3 is 2.68 bits per heavy atom. The first-order valence-corrected chi connectivity index (χ1v) is 9.61. The topological polar surface area (TPSA) is 91.5 Å². The number of hydrogen-bond donors (Lipinski definition) is 3. The van der Waals surface area contributed by atoms with Crippen LogP contribution in [0.15, 0.2) is 48.5 Å². The minimum atomic E-state index is -0.505. The number of nitrogens with zero attached hydrogens (tertiary/aromatic N) is 2. The Bertz CT molecular complexity index is 1010. The van der Waals surface area contributed by atoms with E-state index in [4.69, 9.17) is 10.7 Å². The van der Waals surface area contributed by atoms with Gasteiger partial charge in [-0.25, -0.2) is 4.98 Å². The maximum absolute atomic E-state index is 11.9. The molecule has 1 aromatic heterocycles. The van der Waals surface area contributed by atoms with Gasteiger partial charge in [0.15, 0.2) is 0 Å². The third-order valence-electron chi connectivity index (χ3n) is 5.19. The van der Waals surface area contributed by atoms with Crippen LogP contribution in [0.25, 0.3) is 22.2 Å². The summed E-state index contributed by atoms with van der Waals surface area (Å²) in [6, 6.07) is 14.4. The lowest BCUT2D eigenvalue weighted by Crippen LogP contribution is -2.26. The van der Waals surface area contributed by atoms with Crippen LogP contribution in [0, 0.1) is 0 Å². The van der Waals surface area contributed by atoms with E-state index in [-0.39, 0.29) is 5.75 Å². The van der Waals surface area contributed by atoms with Crippen LogP contribution in [0.3, 0.4) is 0 Å². The second-order valence-corrected chi connectivity index (χ2v) is 7.15. The second kappa shape index (κ2) is 7.86. The second-order valence-electron chi connectivity index (χ2n) is 7.15. The van der Waals surface area contributed by atoms with Crippen LogP contribution in [0.2, 0.25) is 0 Å². The number of benzene rings is 2. The zero-order chi connectivity index (χ0) is 19.5. The zero-order valence-corrected chi connectivity index (χ0v) is 15.7. The number of primary amides is 1. The number of pyridine rings is 1. The maximum Gasteiger partial charge on any atom is 0.250 e. The first-order chi connectivity index (χ1) is 13.6. The molecule has 0 radical (unpaired) electrons. The predicted octanol–water partition coefficient (Wildman–Crippen LogP) is 3.21. The van der Waals surface area contributed by atoms with Crippen molar-refractivity contribution in [3.63, 3.8) is 0 Å². The highest BCUT2D eigenvalue weighted by Crippen LogP contribution is 2.31. The van der Waals surface area contributed by atoms with Crippen LogP contribution in [-0.2, 0) is 0 Å². The highest BCUT2D eigenvalue weighted by atomic mass is 16.3. The van der Waals surface area contributed by atoms with Crippen LogP contribution in [0.4, 0.5) is 5.69 Å². The third kappa shape index (κ3) is 3.77. The number of carbonyl (C=O) groups excluding carboxylic acids is 1. The van der Waals surface area contributed by atoms with Crippen molar-refractivity contribution in [3.05, 3.63) is 54.1 Å². The van der Waals surface area contributed by atoms with Gasteiger partial charge in [-0.1, -0.05) is 24.3 Å². The predicted molar refractivity (Wildman–Crippen MR) is 112 cm³/mol. The molecule has 1 saturated heterocycles. The Labute approximate surface area is 164 Å². The Balaban J connectivity index is 1.74. The molecule has 1 aliphatic heterocycles. The molecule has 6 heteroatoms. The SMILES string of the molecule is NC(=O)c1cccc2c(NCCN3CCCC3)cc(-c3cccc(O)c3)nc12. The largest absolute Gasteiger partial charge is 0.508 e. The molecule has 144 valence electrons. The van der Waals surface area contributed by atoms with Gasteiger partial charge in [0.05, 0.1) is 16.8 Å². The van der Waals surface area contributed by atoms with Crippen molar-refractivity contribution >= 4 is 22.5 Å². The van der Waals surface area contributed by atoms with E-state index in [2.05, 4.69) is 10.2 Å². The van der Waals surface area contributed by atoms with Gasteiger partial charge in [0.2, 0.25) is 0 Å². The van der Waals surface area contributed by atoms with Crippen LogP contribution in [-0.4, -0.2) is 47.1 Å². The standard InChI is InChI=1S/C22H24N4O2/c23-22(28)18-8-4-7-17-20(24-9-12-26-10-1-2-11-26)14-19(25-21(17)18)15-5-3-6-16(27)13-15/h3-8,13-14,27H,1-2,9-12H2,(H2,23,28)(H,24,25). The van der Waals surface area contributed by atoms with Gasteiger partial charge >= 0.3 is 0 Å². The van der Waals surface area contributed by atoms with Crippen molar-refractivity contribution in [2.24, 2.45) is 5.73 Å². The van der Waals surface area contributed by atoms with Gasteiger partial charge in [0.25, 0.3) is 5.91 Å². The molecule has 1 fully saturated rings. The number of phenolic OH excluding ortho intramolecular Hbond substituents is 1. The molecule has 3 aromatic rings. The molecule has 0 unspecified atom stereocenters. The monoisotopic (exact) mass is 376 g/mol. The summed E-state index contributed by atoms with van der Waals surface area (Å²) in [5.74, 6) is -0.333. The summed E-state index contributed by atoms with van der Waals surface area (Å²) in [5, 5.41) is 14.2. The smallest absolute Gasteiger partial charge is 0.250 e. The van der Waals surface area contributed by atoms with Crippen LogP contribution in [0.5, 0.6) is 5.75 Å². The molecule has 4 rings (SSSR count). The third-order valence-corrected chi connectivity index (χ3v) is 5.19. The van der Waals surface area contributed by atoms with Crippen molar-refractivity contribution in [1.82, 2.24) is 9.88 Å². The van der Waals surface area contributed by atoms with E-state index in [0.29, 0.717) is 16.8 Å². The van der Waals surface area contributed by atoms with Crippen molar-refractivity contribution in [3.8, 4) is 17.0 Å². The number of aromatic nitrogens is 1. The summed E-state index contributed by atoms with van der Waals surface area (Å²) < 4.78 is 0. The van der Waals surface area contributed by atoms with E-state index in [1.807, 2.05) is 24.3 Å². The highest BCUT2D eigenvalue weighted by molar-refractivity contribution is 6.08. The fourth-order valence-corrected chi connectivity index (χ4v) is 3.76. The van der Waals surface area contributed by atoms with E-state index in [1.165, 1.54) is 12.8 Å². The molecule has 4 N–H and O–H groups in total. The summed E-state index contributed by atoms with van der Waals surface area (Å²) in [5.41, 5.74) is 8.91. The Hall–Kier alpha value is -3.12. The molecule has 1 aliphatic rings. The molecule has 0 spiro atoms. The van der Waals surface area contributed by atoms with Crippen molar-refractivity contribution in [2.75, 3.05) is 31.5 Å².